The first kappa shape index (κ1) is 15.5. The van der Waals surface area contributed by atoms with Crippen LogP contribution in [-0.4, -0.2) is 40.1 Å². The molecular weight excluding hydrogens is 292 g/mol. The Labute approximate surface area is 128 Å². The second kappa shape index (κ2) is 6.69. The third-order valence-corrected chi connectivity index (χ3v) is 3.66. The summed E-state index contributed by atoms with van der Waals surface area (Å²) in [6.45, 7) is 1.31. The molecule has 112 valence electrons. The summed E-state index contributed by atoms with van der Waals surface area (Å²) in [5.41, 5.74) is 7.20. The van der Waals surface area contributed by atoms with Gasteiger partial charge < -0.3 is 15.2 Å². The largest absolute Gasteiger partial charge is 0.342 e. The van der Waals surface area contributed by atoms with E-state index in [1.54, 1.807) is 12.1 Å². The number of aromatic nitrogens is 2. The lowest BCUT2D eigenvalue weighted by molar-refractivity contribution is 0.0741. The second-order valence-corrected chi connectivity index (χ2v) is 4.86. The fourth-order valence-corrected chi connectivity index (χ4v) is 2.57. The summed E-state index contributed by atoms with van der Waals surface area (Å²) < 4.78 is 4.71. The van der Waals surface area contributed by atoms with Gasteiger partial charge in [-0.25, -0.2) is 0 Å². The standard InChI is InChI=1S/C14H16N4O2.ClH/c15-8-12-2-1-7-18(12)14(19)11-5-3-10(4-6-11)13-16-9-20-17-13;/h3-6,9,12H,1-2,7-8,15H2;1H. The maximum Gasteiger partial charge on any atom is 0.254 e. The summed E-state index contributed by atoms with van der Waals surface area (Å²) in [5, 5.41) is 3.77. The normalized spacial score (nSPS) is 17.6. The molecule has 3 rings (SSSR count). The quantitative estimate of drug-likeness (QED) is 0.933. The predicted molar refractivity (Wildman–Crippen MR) is 80.1 cm³/mol. The van der Waals surface area contributed by atoms with Crippen LogP contribution >= 0.6 is 12.4 Å². The molecule has 1 atom stereocenters. The topological polar surface area (TPSA) is 85.2 Å². The van der Waals surface area contributed by atoms with Crippen LogP contribution in [0.5, 0.6) is 0 Å². The molecule has 0 bridgehead atoms. The van der Waals surface area contributed by atoms with Gasteiger partial charge in [0.2, 0.25) is 12.2 Å². The Kier molecular flexibility index (Phi) is 4.93. The van der Waals surface area contributed by atoms with E-state index in [1.165, 1.54) is 6.39 Å². The minimum Gasteiger partial charge on any atom is -0.342 e. The van der Waals surface area contributed by atoms with Gasteiger partial charge in [-0.05, 0) is 25.0 Å². The first-order valence-electron chi connectivity index (χ1n) is 6.67. The summed E-state index contributed by atoms with van der Waals surface area (Å²) in [6, 6.07) is 7.40. The van der Waals surface area contributed by atoms with Crippen LogP contribution < -0.4 is 5.73 Å². The molecule has 0 spiro atoms. The molecule has 1 fully saturated rings. The maximum absolute atomic E-state index is 12.4. The summed E-state index contributed by atoms with van der Waals surface area (Å²) in [5.74, 6) is 0.558. The number of amides is 1. The van der Waals surface area contributed by atoms with Gasteiger partial charge >= 0.3 is 0 Å². The Bertz CT molecular complexity index is 586. The number of hydrogen-bond acceptors (Lipinski definition) is 5. The highest BCUT2D eigenvalue weighted by Crippen LogP contribution is 2.21. The molecule has 1 aliphatic rings. The van der Waals surface area contributed by atoms with Crippen molar-refractivity contribution >= 4 is 18.3 Å². The first-order chi connectivity index (χ1) is 9.79. The Morgan fingerprint density at radius 1 is 1.38 bits per heavy atom. The molecule has 0 saturated carbocycles. The zero-order valence-electron chi connectivity index (χ0n) is 11.4. The number of carbonyl (C=O) groups excluding carboxylic acids is 1. The molecule has 2 aromatic rings. The van der Waals surface area contributed by atoms with Crippen LogP contribution in [0.1, 0.15) is 23.2 Å². The summed E-state index contributed by atoms with van der Waals surface area (Å²) in [4.78, 5) is 18.3. The minimum absolute atomic E-state index is 0. The van der Waals surface area contributed by atoms with Crippen LogP contribution in [0.25, 0.3) is 11.4 Å². The van der Waals surface area contributed by atoms with Gasteiger partial charge in [-0.15, -0.1) is 12.4 Å². The SMILES string of the molecule is Cl.NCC1CCCN1C(=O)c1ccc(-c2ncon2)cc1. The lowest BCUT2D eigenvalue weighted by atomic mass is 10.1. The van der Waals surface area contributed by atoms with E-state index in [0.29, 0.717) is 17.9 Å². The molecule has 1 aromatic heterocycles. The molecule has 6 nitrogen and oxygen atoms in total. The van der Waals surface area contributed by atoms with E-state index in [0.717, 1.165) is 24.9 Å². The first-order valence-corrected chi connectivity index (χ1v) is 6.67. The van der Waals surface area contributed by atoms with E-state index in [4.69, 9.17) is 10.3 Å². The van der Waals surface area contributed by atoms with E-state index in [-0.39, 0.29) is 24.4 Å². The summed E-state index contributed by atoms with van der Waals surface area (Å²) in [6.07, 6.45) is 3.29. The maximum atomic E-state index is 12.4. The van der Waals surface area contributed by atoms with Gasteiger partial charge in [0.25, 0.3) is 5.91 Å². The highest BCUT2D eigenvalue weighted by Gasteiger charge is 2.28. The van der Waals surface area contributed by atoms with Crippen molar-refractivity contribution in [3.8, 4) is 11.4 Å². The number of carbonyl (C=O) groups is 1. The van der Waals surface area contributed by atoms with E-state index in [9.17, 15) is 4.79 Å². The molecule has 21 heavy (non-hydrogen) atoms. The van der Waals surface area contributed by atoms with E-state index in [1.807, 2.05) is 17.0 Å². The molecule has 1 unspecified atom stereocenters. The van der Waals surface area contributed by atoms with Gasteiger partial charge in [0, 0.05) is 30.3 Å². The Morgan fingerprint density at radius 2 is 2.14 bits per heavy atom. The molecule has 2 N–H and O–H groups in total. The summed E-state index contributed by atoms with van der Waals surface area (Å²) >= 11 is 0. The molecule has 1 aromatic carbocycles. The average molecular weight is 309 g/mol. The monoisotopic (exact) mass is 308 g/mol. The molecule has 7 heteroatoms. The van der Waals surface area contributed by atoms with Gasteiger partial charge in [-0.3, -0.25) is 4.79 Å². The zero-order valence-corrected chi connectivity index (χ0v) is 12.3. The average Bonchev–Trinajstić information content (AvgIpc) is 3.17. The molecule has 1 amide bonds. The van der Waals surface area contributed by atoms with Crippen LogP contribution in [0, 0.1) is 0 Å². The smallest absolute Gasteiger partial charge is 0.254 e. The van der Waals surface area contributed by atoms with Crippen molar-refractivity contribution < 1.29 is 9.32 Å². The van der Waals surface area contributed by atoms with Gasteiger partial charge in [-0.2, -0.15) is 4.98 Å². The Hall–Kier alpha value is -1.92. The van der Waals surface area contributed by atoms with Crippen molar-refractivity contribution in [3.63, 3.8) is 0 Å². The lowest BCUT2D eigenvalue weighted by Crippen LogP contribution is -2.39. The number of rotatable bonds is 3. The van der Waals surface area contributed by atoms with Gasteiger partial charge in [-0.1, -0.05) is 17.3 Å². The second-order valence-electron chi connectivity index (χ2n) is 4.86. The molecule has 1 saturated heterocycles. The molecular formula is C14H17ClN4O2. The molecule has 0 radical (unpaired) electrons. The highest BCUT2D eigenvalue weighted by atomic mass is 35.5. The number of likely N-dealkylation sites (tertiary alicyclic amines) is 1. The van der Waals surface area contributed by atoms with Crippen molar-refractivity contribution in [2.24, 2.45) is 5.73 Å². The van der Waals surface area contributed by atoms with E-state index >= 15 is 0 Å². The molecule has 0 aliphatic carbocycles. The van der Waals surface area contributed by atoms with E-state index in [2.05, 4.69) is 10.1 Å². The van der Waals surface area contributed by atoms with Crippen LogP contribution in [0.4, 0.5) is 0 Å². The number of benzene rings is 1. The third-order valence-electron chi connectivity index (χ3n) is 3.66. The van der Waals surface area contributed by atoms with Gasteiger partial charge in [0.15, 0.2) is 0 Å². The third kappa shape index (κ3) is 3.06. The van der Waals surface area contributed by atoms with Gasteiger partial charge in [0.1, 0.15) is 0 Å². The van der Waals surface area contributed by atoms with Gasteiger partial charge in [0.05, 0.1) is 0 Å². The van der Waals surface area contributed by atoms with Crippen LogP contribution in [0.15, 0.2) is 35.2 Å². The number of hydrogen-bond donors (Lipinski definition) is 1. The van der Waals surface area contributed by atoms with Crippen molar-refractivity contribution in [2.45, 2.75) is 18.9 Å². The zero-order chi connectivity index (χ0) is 13.9. The highest BCUT2D eigenvalue weighted by molar-refractivity contribution is 5.95. The van der Waals surface area contributed by atoms with Crippen molar-refractivity contribution in [1.82, 2.24) is 15.0 Å². The minimum atomic E-state index is 0. The molecule has 2 heterocycles. The lowest BCUT2D eigenvalue weighted by Gasteiger charge is -2.23. The number of nitrogens with zero attached hydrogens (tertiary/aromatic N) is 3. The fraction of sp³-hybridized carbons (Fsp3) is 0.357. The predicted octanol–water partition coefficient (Wildman–Crippen LogP) is 1.72. The summed E-state index contributed by atoms with van der Waals surface area (Å²) in [7, 11) is 0. The Balaban J connectivity index is 0.00000161. The number of nitrogens with two attached hydrogens (primary N) is 1. The van der Waals surface area contributed by atoms with Crippen molar-refractivity contribution in [3.05, 3.63) is 36.2 Å². The number of halogens is 1. The van der Waals surface area contributed by atoms with Crippen LogP contribution in [-0.2, 0) is 0 Å². The van der Waals surface area contributed by atoms with Crippen LogP contribution in [0.3, 0.4) is 0 Å². The molecule has 1 aliphatic heterocycles. The fourth-order valence-electron chi connectivity index (χ4n) is 2.57. The van der Waals surface area contributed by atoms with Crippen molar-refractivity contribution in [1.29, 1.82) is 0 Å². The Morgan fingerprint density at radius 3 is 2.76 bits per heavy atom. The van der Waals surface area contributed by atoms with Crippen LogP contribution in [0.2, 0.25) is 0 Å². The van der Waals surface area contributed by atoms with Crippen molar-refractivity contribution in [2.75, 3.05) is 13.1 Å². The van der Waals surface area contributed by atoms with E-state index < -0.39 is 0 Å².